The van der Waals surface area contributed by atoms with Crippen LogP contribution in [0.1, 0.15) is 22.4 Å². The van der Waals surface area contributed by atoms with Gasteiger partial charge >= 0.3 is 0 Å². The second-order valence-electron chi connectivity index (χ2n) is 4.66. The van der Waals surface area contributed by atoms with Gasteiger partial charge in [0.05, 0.1) is 11.3 Å². The molecule has 0 fully saturated rings. The SMILES string of the molecule is CNCc1c(C)n(-c2cc(C)ccc2C)[nH]c1=O. The molecule has 2 rings (SSSR count). The Morgan fingerprint density at radius 2 is 2.00 bits per heavy atom. The van der Waals surface area contributed by atoms with Gasteiger partial charge in [0.15, 0.2) is 0 Å². The van der Waals surface area contributed by atoms with Gasteiger partial charge in [-0.3, -0.25) is 14.6 Å². The topological polar surface area (TPSA) is 49.8 Å². The van der Waals surface area contributed by atoms with E-state index in [0.717, 1.165) is 22.5 Å². The summed E-state index contributed by atoms with van der Waals surface area (Å²) in [4.78, 5) is 11.9. The zero-order valence-electron chi connectivity index (χ0n) is 11.3. The van der Waals surface area contributed by atoms with Crippen molar-refractivity contribution in [2.24, 2.45) is 0 Å². The van der Waals surface area contributed by atoms with Crippen LogP contribution < -0.4 is 10.9 Å². The molecule has 0 radical (unpaired) electrons. The molecule has 0 aliphatic rings. The maximum absolute atomic E-state index is 11.9. The molecule has 0 aliphatic carbocycles. The molecule has 2 N–H and O–H groups in total. The Labute approximate surface area is 107 Å². The minimum Gasteiger partial charge on any atom is -0.315 e. The Hall–Kier alpha value is -1.81. The van der Waals surface area contributed by atoms with Crippen LogP contribution in [0.5, 0.6) is 0 Å². The molecule has 1 heterocycles. The summed E-state index contributed by atoms with van der Waals surface area (Å²) in [6.45, 7) is 6.64. The molecule has 4 heteroatoms. The number of hydrogen-bond donors (Lipinski definition) is 2. The predicted octanol–water partition coefficient (Wildman–Crippen LogP) is 1.81. The number of benzene rings is 1. The molecule has 2 aromatic rings. The molecule has 18 heavy (non-hydrogen) atoms. The quantitative estimate of drug-likeness (QED) is 0.866. The maximum Gasteiger partial charge on any atom is 0.269 e. The Kier molecular flexibility index (Phi) is 3.39. The zero-order valence-corrected chi connectivity index (χ0v) is 11.3. The second-order valence-corrected chi connectivity index (χ2v) is 4.66. The number of nitrogens with zero attached hydrogens (tertiary/aromatic N) is 1. The molecule has 0 saturated heterocycles. The lowest BCUT2D eigenvalue weighted by Crippen LogP contribution is -2.14. The van der Waals surface area contributed by atoms with Gasteiger partial charge in [-0.25, -0.2) is 0 Å². The fraction of sp³-hybridized carbons (Fsp3) is 0.357. The summed E-state index contributed by atoms with van der Waals surface area (Å²) in [5, 5.41) is 5.93. The van der Waals surface area contributed by atoms with Gasteiger partial charge in [-0.15, -0.1) is 0 Å². The minimum atomic E-state index is -0.0252. The highest BCUT2D eigenvalue weighted by molar-refractivity contribution is 5.44. The summed E-state index contributed by atoms with van der Waals surface area (Å²) >= 11 is 0. The molecule has 0 bridgehead atoms. The van der Waals surface area contributed by atoms with Gasteiger partial charge < -0.3 is 5.32 Å². The van der Waals surface area contributed by atoms with Gasteiger partial charge in [0, 0.05) is 12.2 Å². The molecule has 0 aliphatic heterocycles. The molecule has 4 nitrogen and oxygen atoms in total. The monoisotopic (exact) mass is 245 g/mol. The Morgan fingerprint density at radius 3 is 2.67 bits per heavy atom. The first kappa shape index (κ1) is 12.6. The van der Waals surface area contributed by atoms with E-state index < -0.39 is 0 Å². The largest absolute Gasteiger partial charge is 0.315 e. The van der Waals surface area contributed by atoms with Gasteiger partial charge in [0.25, 0.3) is 5.56 Å². The number of rotatable bonds is 3. The third-order valence-corrected chi connectivity index (χ3v) is 3.22. The number of nitrogens with one attached hydrogen (secondary N) is 2. The minimum absolute atomic E-state index is 0.0252. The third kappa shape index (κ3) is 2.11. The normalized spacial score (nSPS) is 10.9. The van der Waals surface area contributed by atoms with Crippen LogP contribution in [0.2, 0.25) is 0 Å². The average molecular weight is 245 g/mol. The first-order valence-electron chi connectivity index (χ1n) is 6.07. The average Bonchev–Trinajstić information content (AvgIpc) is 2.61. The van der Waals surface area contributed by atoms with Gasteiger partial charge in [0.1, 0.15) is 0 Å². The summed E-state index contributed by atoms with van der Waals surface area (Å²) in [5.74, 6) is 0. The Bertz CT molecular complexity index is 622. The molecular weight excluding hydrogens is 226 g/mol. The lowest BCUT2D eigenvalue weighted by molar-refractivity contribution is 0.799. The fourth-order valence-corrected chi connectivity index (χ4v) is 2.14. The summed E-state index contributed by atoms with van der Waals surface area (Å²) in [5.41, 5.74) is 5.09. The number of H-pyrrole nitrogens is 1. The lowest BCUT2D eigenvalue weighted by Gasteiger charge is -2.10. The highest BCUT2D eigenvalue weighted by Crippen LogP contribution is 2.17. The van der Waals surface area contributed by atoms with Crippen LogP contribution in [-0.2, 0) is 6.54 Å². The first-order valence-corrected chi connectivity index (χ1v) is 6.07. The van der Waals surface area contributed by atoms with Crippen molar-refractivity contribution in [1.29, 1.82) is 0 Å². The molecule has 0 saturated carbocycles. The first-order chi connectivity index (χ1) is 8.54. The van der Waals surface area contributed by atoms with Crippen molar-refractivity contribution in [3.63, 3.8) is 0 Å². The van der Waals surface area contributed by atoms with E-state index in [1.54, 1.807) is 0 Å². The highest BCUT2D eigenvalue weighted by Gasteiger charge is 2.12. The molecule has 1 aromatic carbocycles. The Balaban J connectivity index is 2.61. The summed E-state index contributed by atoms with van der Waals surface area (Å²) < 4.78 is 1.87. The zero-order chi connectivity index (χ0) is 13.3. The van der Waals surface area contributed by atoms with Gasteiger partial charge in [-0.1, -0.05) is 12.1 Å². The summed E-state index contributed by atoms with van der Waals surface area (Å²) in [6.07, 6.45) is 0. The number of hydrogen-bond acceptors (Lipinski definition) is 2. The number of aryl methyl sites for hydroxylation is 2. The fourth-order valence-electron chi connectivity index (χ4n) is 2.14. The van der Waals surface area contributed by atoms with E-state index in [1.807, 2.05) is 32.5 Å². The highest BCUT2D eigenvalue weighted by atomic mass is 16.1. The van der Waals surface area contributed by atoms with Crippen LogP contribution in [-0.4, -0.2) is 16.8 Å². The van der Waals surface area contributed by atoms with E-state index >= 15 is 0 Å². The molecule has 1 aromatic heterocycles. The van der Waals surface area contributed by atoms with Crippen molar-refractivity contribution >= 4 is 0 Å². The molecular formula is C14H19N3O. The number of aromatic amines is 1. The molecule has 96 valence electrons. The second kappa shape index (κ2) is 4.82. The Morgan fingerprint density at radius 1 is 1.28 bits per heavy atom. The van der Waals surface area contributed by atoms with Crippen LogP contribution in [0.25, 0.3) is 5.69 Å². The smallest absolute Gasteiger partial charge is 0.269 e. The lowest BCUT2D eigenvalue weighted by atomic mass is 10.1. The van der Waals surface area contributed by atoms with Crippen LogP contribution in [0.3, 0.4) is 0 Å². The maximum atomic E-state index is 11.9. The third-order valence-electron chi connectivity index (χ3n) is 3.22. The van der Waals surface area contributed by atoms with E-state index in [4.69, 9.17) is 0 Å². The van der Waals surface area contributed by atoms with E-state index in [-0.39, 0.29) is 5.56 Å². The van der Waals surface area contributed by atoms with Crippen molar-refractivity contribution in [1.82, 2.24) is 15.1 Å². The van der Waals surface area contributed by atoms with E-state index in [2.05, 4.69) is 28.6 Å². The predicted molar refractivity (Wildman–Crippen MR) is 73.4 cm³/mol. The van der Waals surface area contributed by atoms with Crippen molar-refractivity contribution < 1.29 is 0 Å². The van der Waals surface area contributed by atoms with Gasteiger partial charge in [0.2, 0.25) is 0 Å². The summed E-state index contributed by atoms with van der Waals surface area (Å²) in [6, 6.07) is 6.23. The van der Waals surface area contributed by atoms with E-state index in [0.29, 0.717) is 6.54 Å². The standard InChI is InChI=1S/C14H19N3O/c1-9-5-6-10(2)13(7-9)17-11(3)12(8-15-4)14(18)16-17/h5-7,15H,8H2,1-4H3,(H,16,18). The van der Waals surface area contributed by atoms with E-state index in [1.165, 1.54) is 5.56 Å². The van der Waals surface area contributed by atoms with Crippen molar-refractivity contribution in [2.75, 3.05) is 7.05 Å². The summed E-state index contributed by atoms with van der Waals surface area (Å²) in [7, 11) is 1.84. The molecule has 0 atom stereocenters. The van der Waals surface area contributed by atoms with Crippen LogP contribution in [0, 0.1) is 20.8 Å². The van der Waals surface area contributed by atoms with Crippen molar-refractivity contribution in [2.45, 2.75) is 27.3 Å². The van der Waals surface area contributed by atoms with Gasteiger partial charge in [-0.2, -0.15) is 0 Å². The van der Waals surface area contributed by atoms with Crippen LogP contribution in [0.4, 0.5) is 0 Å². The molecule has 0 unspecified atom stereocenters. The molecule has 0 amide bonds. The number of aromatic nitrogens is 2. The van der Waals surface area contributed by atoms with Crippen LogP contribution in [0.15, 0.2) is 23.0 Å². The van der Waals surface area contributed by atoms with Crippen LogP contribution >= 0.6 is 0 Å². The van der Waals surface area contributed by atoms with E-state index in [9.17, 15) is 4.79 Å². The molecule has 0 spiro atoms. The van der Waals surface area contributed by atoms with Gasteiger partial charge in [-0.05, 0) is 45.0 Å². The van der Waals surface area contributed by atoms with Crippen molar-refractivity contribution in [3.05, 3.63) is 50.9 Å². The van der Waals surface area contributed by atoms with Crippen molar-refractivity contribution in [3.8, 4) is 5.69 Å².